The maximum Gasteiger partial charge on any atom is 0.263 e. The van der Waals surface area contributed by atoms with Crippen LogP contribution in [-0.4, -0.2) is 16.4 Å². The monoisotopic (exact) mass is 235 g/mol. The van der Waals surface area contributed by atoms with E-state index < -0.39 is 17.4 Å². The number of nitrogens with zero attached hydrogens (tertiary/aromatic N) is 1. The highest BCUT2D eigenvalue weighted by atomic mass is 16.2. The van der Waals surface area contributed by atoms with Crippen molar-refractivity contribution >= 4 is 11.8 Å². The fourth-order valence-corrected chi connectivity index (χ4v) is 1.85. The van der Waals surface area contributed by atoms with E-state index >= 15 is 0 Å². The van der Waals surface area contributed by atoms with Crippen molar-refractivity contribution in [3.8, 4) is 0 Å². The van der Waals surface area contributed by atoms with Gasteiger partial charge in [0.05, 0.1) is 5.56 Å². The zero-order valence-electron chi connectivity index (χ0n) is 9.34. The molecule has 1 aliphatic carbocycles. The predicted octanol–water partition coefficient (Wildman–Crippen LogP) is -0.373. The van der Waals surface area contributed by atoms with Crippen LogP contribution in [0.3, 0.4) is 0 Å². The van der Waals surface area contributed by atoms with Gasteiger partial charge in [-0.1, -0.05) is 6.92 Å². The van der Waals surface area contributed by atoms with Crippen LogP contribution in [0.15, 0.2) is 17.1 Å². The third kappa shape index (κ3) is 1.93. The van der Waals surface area contributed by atoms with E-state index in [0.29, 0.717) is 5.92 Å². The molecular weight excluding hydrogens is 222 g/mol. The van der Waals surface area contributed by atoms with Gasteiger partial charge in [-0.2, -0.15) is 0 Å². The maximum atomic E-state index is 11.9. The number of nitrogens with two attached hydrogens (primary N) is 2. The molecule has 6 nitrogen and oxygen atoms in total. The summed E-state index contributed by atoms with van der Waals surface area (Å²) < 4.78 is 1.38. The van der Waals surface area contributed by atoms with Crippen LogP contribution >= 0.6 is 0 Å². The van der Waals surface area contributed by atoms with Crippen molar-refractivity contribution < 1.29 is 9.59 Å². The fraction of sp³-hybridized carbons (Fsp3) is 0.364. The van der Waals surface area contributed by atoms with E-state index in [1.54, 1.807) is 0 Å². The van der Waals surface area contributed by atoms with Crippen molar-refractivity contribution in [2.24, 2.45) is 17.4 Å². The van der Waals surface area contributed by atoms with Crippen molar-refractivity contribution in [3.05, 3.63) is 33.7 Å². The normalized spacial score (nSPS) is 22.2. The molecule has 1 aliphatic rings. The molecule has 17 heavy (non-hydrogen) atoms. The number of amides is 2. The second kappa shape index (κ2) is 3.73. The quantitative estimate of drug-likeness (QED) is 0.745. The molecule has 0 spiro atoms. The average molecular weight is 235 g/mol. The molecule has 1 aromatic heterocycles. The number of rotatable bonds is 3. The summed E-state index contributed by atoms with van der Waals surface area (Å²) in [5.74, 6) is -1.17. The highest BCUT2D eigenvalue weighted by Gasteiger charge is 2.36. The van der Waals surface area contributed by atoms with E-state index in [9.17, 15) is 14.4 Å². The Morgan fingerprint density at radius 3 is 2.35 bits per heavy atom. The van der Waals surface area contributed by atoms with Gasteiger partial charge in [-0.05, 0) is 18.4 Å². The van der Waals surface area contributed by atoms with Gasteiger partial charge in [0.25, 0.3) is 11.5 Å². The summed E-state index contributed by atoms with van der Waals surface area (Å²) in [5, 5.41) is 0. The van der Waals surface area contributed by atoms with Gasteiger partial charge < -0.3 is 16.0 Å². The summed E-state index contributed by atoms with van der Waals surface area (Å²) >= 11 is 0. The molecule has 1 fully saturated rings. The molecule has 1 heterocycles. The lowest BCUT2D eigenvalue weighted by atomic mass is 10.1. The van der Waals surface area contributed by atoms with Crippen molar-refractivity contribution in [1.29, 1.82) is 0 Å². The van der Waals surface area contributed by atoms with Gasteiger partial charge in [0, 0.05) is 12.2 Å². The molecule has 1 saturated carbocycles. The molecule has 0 aliphatic heterocycles. The van der Waals surface area contributed by atoms with Crippen molar-refractivity contribution in [3.63, 3.8) is 0 Å². The molecule has 2 rings (SSSR count). The minimum absolute atomic E-state index is 0.0277. The van der Waals surface area contributed by atoms with Crippen LogP contribution in [0, 0.1) is 5.92 Å². The van der Waals surface area contributed by atoms with Gasteiger partial charge in [-0.25, -0.2) is 0 Å². The minimum atomic E-state index is -0.847. The number of carbonyl (C=O) groups excluding carboxylic acids is 2. The first kappa shape index (κ1) is 11.4. The summed E-state index contributed by atoms with van der Waals surface area (Å²) in [6.45, 7) is 1.98. The first-order valence-corrected chi connectivity index (χ1v) is 5.27. The molecule has 2 atom stereocenters. The van der Waals surface area contributed by atoms with Crippen LogP contribution in [0.5, 0.6) is 0 Å². The Morgan fingerprint density at radius 1 is 1.35 bits per heavy atom. The average Bonchev–Trinajstić information content (AvgIpc) is 2.94. The third-order valence-corrected chi connectivity index (χ3v) is 3.02. The fourth-order valence-electron chi connectivity index (χ4n) is 1.85. The Labute approximate surface area is 97.2 Å². The Morgan fingerprint density at radius 2 is 1.94 bits per heavy atom. The zero-order chi connectivity index (χ0) is 12.7. The van der Waals surface area contributed by atoms with Crippen LogP contribution in [0.25, 0.3) is 0 Å². The van der Waals surface area contributed by atoms with Gasteiger partial charge in [-0.3, -0.25) is 14.4 Å². The lowest BCUT2D eigenvalue weighted by Gasteiger charge is -2.08. The zero-order valence-corrected chi connectivity index (χ0v) is 9.34. The molecule has 2 amide bonds. The van der Waals surface area contributed by atoms with Crippen LogP contribution in [0.1, 0.15) is 40.1 Å². The van der Waals surface area contributed by atoms with Crippen LogP contribution < -0.4 is 17.0 Å². The Kier molecular flexibility index (Phi) is 2.49. The van der Waals surface area contributed by atoms with Gasteiger partial charge in [0.1, 0.15) is 5.56 Å². The van der Waals surface area contributed by atoms with E-state index in [1.165, 1.54) is 10.8 Å². The molecule has 6 heteroatoms. The summed E-state index contributed by atoms with van der Waals surface area (Å²) in [7, 11) is 0. The Balaban J connectivity index is 2.62. The standard InChI is InChI=1S/C11H13N3O3/c1-5-2-8(5)14-4-6(9(12)15)3-7(10(13)16)11(14)17/h3-5,8H,2H2,1H3,(H2,12,15)(H2,13,16)/t5-,8-/m1/s1. The minimum Gasteiger partial charge on any atom is -0.366 e. The summed E-state index contributed by atoms with van der Waals surface area (Å²) in [5.41, 5.74) is 9.72. The van der Waals surface area contributed by atoms with Crippen molar-refractivity contribution in [2.75, 3.05) is 0 Å². The molecular formula is C11H13N3O3. The molecule has 0 aromatic carbocycles. The van der Waals surface area contributed by atoms with Gasteiger partial charge in [0.15, 0.2) is 0 Å². The second-order valence-corrected chi connectivity index (χ2v) is 4.36. The van der Waals surface area contributed by atoms with Crippen molar-refractivity contribution in [2.45, 2.75) is 19.4 Å². The van der Waals surface area contributed by atoms with Crippen molar-refractivity contribution in [1.82, 2.24) is 4.57 Å². The van der Waals surface area contributed by atoms with Gasteiger partial charge >= 0.3 is 0 Å². The lowest BCUT2D eigenvalue weighted by molar-refractivity contribution is 0.0998. The van der Waals surface area contributed by atoms with Gasteiger partial charge in [-0.15, -0.1) is 0 Å². The summed E-state index contributed by atoms with van der Waals surface area (Å²) in [6, 6.07) is 1.18. The highest BCUT2D eigenvalue weighted by Crippen LogP contribution is 2.41. The lowest BCUT2D eigenvalue weighted by Crippen LogP contribution is -2.31. The van der Waals surface area contributed by atoms with E-state index in [4.69, 9.17) is 11.5 Å². The third-order valence-electron chi connectivity index (χ3n) is 3.02. The molecule has 90 valence electrons. The molecule has 0 radical (unpaired) electrons. The number of primary amides is 2. The number of pyridine rings is 1. The number of carbonyl (C=O) groups is 2. The van der Waals surface area contributed by atoms with Gasteiger partial charge in [0.2, 0.25) is 5.91 Å². The highest BCUT2D eigenvalue weighted by molar-refractivity contribution is 5.97. The molecule has 1 aromatic rings. The second-order valence-electron chi connectivity index (χ2n) is 4.36. The molecule has 4 N–H and O–H groups in total. The molecule has 0 unspecified atom stereocenters. The molecule has 0 bridgehead atoms. The Bertz CT molecular complexity index is 562. The Hall–Kier alpha value is -2.11. The van der Waals surface area contributed by atoms with E-state index in [1.807, 2.05) is 6.92 Å². The maximum absolute atomic E-state index is 11.9. The summed E-state index contributed by atoms with van der Waals surface area (Å²) in [6.07, 6.45) is 2.24. The summed E-state index contributed by atoms with van der Waals surface area (Å²) in [4.78, 5) is 34.2. The number of aromatic nitrogens is 1. The molecule has 0 saturated heterocycles. The first-order chi connectivity index (χ1) is 7.91. The SMILES string of the molecule is C[C@@H]1C[C@H]1n1cc(C(N)=O)cc(C(N)=O)c1=O. The number of hydrogen-bond donors (Lipinski definition) is 2. The van der Waals surface area contributed by atoms with E-state index in [0.717, 1.165) is 12.5 Å². The topological polar surface area (TPSA) is 108 Å². The van der Waals surface area contributed by atoms with E-state index in [2.05, 4.69) is 0 Å². The predicted molar refractivity (Wildman–Crippen MR) is 60.6 cm³/mol. The smallest absolute Gasteiger partial charge is 0.263 e. The van der Waals surface area contributed by atoms with Crippen LogP contribution in [-0.2, 0) is 0 Å². The largest absolute Gasteiger partial charge is 0.366 e. The van der Waals surface area contributed by atoms with Crippen LogP contribution in [0.2, 0.25) is 0 Å². The number of hydrogen-bond acceptors (Lipinski definition) is 3. The van der Waals surface area contributed by atoms with Crippen LogP contribution in [0.4, 0.5) is 0 Å². The van der Waals surface area contributed by atoms with E-state index in [-0.39, 0.29) is 17.2 Å². The first-order valence-electron chi connectivity index (χ1n) is 5.27.